The van der Waals surface area contributed by atoms with Crippen molar-refractivity contribution in [2.24, 2.45) is 5.73 Å². The van der Waals surface area contributed by atoms with Gasteiger partial charge in [0.1, 0.15) is 0 Å². The quantitative estimate of drug-likeness (QED) is 0.826. The molecular weight excluding hydrogens is 264 g/mol. The van der Waals surface area contributed by atoms with Crippen LogP contribution in [-0.2, 0) is 4.74 Å². The molecule has 0 radical (unpaired) electrons. The van der Waals surface area contributed by atoms with Crippen LogP contribution in [0.25, 0.3) is 0 Å². The van der Waals surface area contributed by atoms with E-state index in [1.807, 2.05) is 25.1 Å². The highest BCUT2D eigenvalue weighted by atomic mass is 16.5. The monoisotopic (exact) mass is 286 g/mol. The van der Waals surface area contributed by atoms with Crippen molar-refractivity contribution in [3.05, 3.63) is 34.9 Å². The van der Waals surface area contributed by atoms with E-state index in [0.717, 1.165) is 37.0 Å². The first kappa shape index (κ1) is 15.6. The van der Waals surface area contributed by atoms with E-state index < -0.39 is 0 Å². The Balaban J connectivity index is 1.94. The van der Waals surface area contributed by atoms with E-state index in [0.29, 0.717) is 24.8 Å². The van der Waals surface area contributed by atoms with Crippen molar-refractivity contribution >= 4 is 5.91 Å². The van der Waals surface area contributed by atoms with Gasteiger partial charge in [0.15, 0.2) is 0 Å². The fourth-order valence-corrected chi connectivity index (χ4v) is 2.41. The Bertz CT molecular complexity index is 552. The first-order valence-corrected chi connectivity index (χ1v) is 7.40. The Morgan fingerprint density at radius 1 is 1.52 bits per heavy atom. The summed E-state index contributed by atoms with van der Waals surface area (Å²) in [6.07, 6.45) is 3.39. The second kappa shape index (κ2) is 7.82. The zero-order valence-electron chi connectivity index (χ0n) is 12.4. The SMILES string of the molecule is Cc1ccc(C#CCN)cc1C(=O)NCCC1CCCO1. The van der Waals surface area contributed by atoms with Gasteiger partial charge >= 0.3 is 0 Å². The van der Waals surface area contributed by atoms with Gasteiger partial charge in [-0.1, -0.05) is 17.9 Å². The number of nitrogens with one attached hydrogen (secondary N) is 1. The summed E-state index contributed by atoms with van der Waals surface area (Å²) in [6, 6.07) is 5.63. The van der Waals surface area contributed by atoms with E-state index in [2.05, 4.69) is 17.2 Å². The Morgan fingerprint density at radius 2 is 2.38 bits per heavy atom. The predicted molar refractivity (Wildman–Crippen MR) is 83.0 cm³/mol. The lowest BCUT2D eigenvalue weighted by atomic mass is 10.0. The second-order valence-electron chi connectivity index (χ2n) is 5.22. The number of hydrogen-bond acceptors (Lipinski definition) is 3. The molecule has 1 aromatic carbocycles. The molecule has 21 heavy (non-hydrogen) atoms. The van der Waals surface area contributed by atoms with E-state index in [4.69, 9.17) is 10.5 Å². The molecule has 2 rings (SSSR count). The van der Waals surface area contributed by atoms with Crippen molar-refractivity contribution in [2.45, 2.75) is 32.3 Å². The third-order valence-electron chi connectivity index (χ3n) is 3.59. The number of aryl methyl sites for hydroxylation is 1. The Hall–Kier alpha value is -1.83. The molecule has 4 heteroatoms. The van der Waals surface area contributed by atoms with E-state index in [-0.39, 0.29) is 5.91 Å². The standard InChI is InChI=1S/C17H22N2O2/c1-13-6-7-14(4-2-9-18)12-16(13)17(20)19-10-8-15-5-3-11-21-15/h6-7,12,15H,3,5,8-11,18H2,1H3,(H,19,20). The minimum atomic E-state index is -0.0538. The summed E-state index contributed by atoms with van der Waals surface area (Å²) in [5.41, 5.74) is 7.80. The highest BCUT2D eigenvalue weighted by Crippen LogP contribution is 2.15. The topological polar surface area (TPSA) is 64.4 Å². The van der Waals surface area contributed by atoms with Crippen molar-refractivity contribution in [2.75, 3.05) is 19.7 Å². The maximum atomic E-state index is 12.2. The molecule has 0 aliphatic carbocycles. The van der Waals surface area contributed by atoms with Gasteiger partial charge in [-0.15, -0.1) is 0 Å². The van der Waals surface area contributed by atoms with Crippen LogP contribution in [0.4, 0.5) is 0 Å². The Labute approximate surface area is 126 Å². The lowest BCUT2D eigenvalue weighted by Gasteiger charge is -2.11. The molecule has 1 unspecified atom stereocenters. The molecule has 1 amide bonds. The molecule has 0 spiro atoms. The number of carbonyl (C=O) groups excluding carboxylic acids is 1. The summed E-state index contributed by atoms with van der Waals surface area (Å²) in [7, 11) is 0. The minimum Gasteiger partial charge on any atom is -0.378 e. The van der Waals surface area contributed by atoms with Crippen LogP contribution in [0.15, 0.2) is 18.2 Å². The zero-order valence-corrected chi connectivity index (χ0v) is 12.4. The lowest BCUT2D eigenvalue weighted by molar-refractivity contribution is 0.0906. The smallest absolute Gasteiger partial charge is 0.251 e. The Kier molecular flexibility index (Phi) is 5.79. The Morgan fingerprint density at radius 3 is 3.10 bits per heavy atom. The van der Waals surface area contributed by atoms with Gasteiger partial charge in [-0.25, -0.2) is 0 Å². The fourth-order valence-electron chi connectivity index (χ4n) is 2.41. The second-order valence-corrected chi connectivity index (χ2v) is 5.22. The van der Waals surface area contributed by atoms with Crippen LogP contribution in [0.3, 0.4) is 0 Å². The molecular formula is C17H22N2O2. The van der Waals surface area contributed by atoms with Crippen LogP contribution < -0.4 is 11.1 Å². The van der Waals surface area contributed by atoms with Gasteiger partial charge in [0.05, 0.1) is 12.6 Å². The largest absolute Gasteiger partial charge is 0.378 e. The maximum Gasteiger partial charge on any atom is 0.251 e. The van der Waals surface area contributed by atoms with Crippen molar-refractivity contribution in [3.63, 3.8) is 0 Å². The summed E-state index contributed by atoms with van der Waals surface area (Å²) in [5, 5.41) is 2.96. The van der Waals surface area contributed by atoms with Crippen LogP contribution in [0.1, 0.15) is 40.7 Å². The molecule has 0 bridgehead atoms. The van der Waals surface area contributed by atoms with E-state index >= 15 is 0 Å². The predicted octanol–water partition coefficient (Wildman–Crippen LogP) is 1.60. The number of carbonyl (C=O) groups is 1. The molecule has 1 saturated heterocycles. The normalized spacial score (nSPS) is 17.1. The van der Waals surface area contributed by atoms with Crippen LogP contribution in [0.2, 0.25) is 0 Å². The van der Waals surface area contributed by atoms with Crippen molar-refractivity contribution in [1.29, 1.82) is 0 Å². The molecule has 1 aliphatic heterocycles. The number of rotatable bonds is 4. The number of benzene rings is 1. The molecule has 1 aliphatic rings. The number of ether oxygens (including phenoxy) is 1. The molecule has 1 aromatic rings. The van der Waals surface area contributed by atoms with Crippen LogP contribution in [0, 0.1) is 18.8 Å². The van der Waals surface area contributed by atoms with E-state index in [9.17, 15) is 4.79 Å². The molecule has 4 nitrogen and oxygen atoms in total. The third kappa shape index (κ3) is 4.59. The summed E-state index contributed by atoms with van der Waals surface area (Å²) < 4.78 is 5.55. The highest BCUT2D eigenvalue weighted by Gasteiger charge is 2.16. The summed E-state index contributed by atoms with van der Waals surface area (Å²) >= 11 is 0. The molecule has 112 valence electrons. The van der Waals surface area contributed by atoms with Crippen molar-refractivity contribution in [3.8, 4) is 11.8 Å². The maximum absolute atomic E-state index is 12.2. The number of hydrogen-bond donors (Lipinski definition) is 2. The highest BCUT2D eigenvalue weighted by molar-refractivity contribution is 5.96. The van der Waals surface area contributed by atoms with Gasteiger partial charge < -0.3 is 15.8 Å². The molecule has 0 aromatic heterocycles. The van der Waals surface area contributed by atoms with Crippen molar-refractivity contribution in [1.82, 2.24) is 5.32 Å². The lowest BCUT2D eigenvalue weighted by Crippen LogP contribution is -2.27. The zero-order chi connectivity index (χ0) is 15.1. The minimum absolute atomic E-state index is 0.0538. The summed E-state index contributed by atoms with van der Waals surface area (Å²) in [5.74, 6) is 5.70. The van der Waals surface area contributed by atoms with Gasteiger partial charge in [-0.2, -0.15) is 0 Å². The molecule has 1 heterocycles. The third-order valence-corrected chi connectivity index (χ3v) is 3.59. The first-order chi connectivity index (χ1) is 10.2. The van der Waals surface area contributed by atoms with Crippen LogP contribution in [0.5, 0.6) is 0 Å². The molecule has 3 N–H and O–H groups in total. The van der Waals surface area contributed by atoms with Gasteiger partial charge in [0.2, 0.25) is 0 Å². The molecule has 1 fully saturated rings. The number of amides is 1. The van der Waals surface area contributed by atoms with Gasteiger partial charge in [0, 0.05) is 24.3 Å². The van der Waals surface area contributed by atoms with E-state index in [1.165, 1.54) is 0 Å². The summed E-state index contributed by atoms with van der Waals surface area (Å²) in [4.78, 5) is 12.2. The van der Waals surface area contributed by atoms with Crippen LogP contribution in [-0.4, -0.2) is 31.7 Å². The fraction of sp³-hybridized carbons (Fsp3) is 0.471. The average Bonchev–Trinajstić information content (AvgIpc) is 2.99. The first-order valence-electron chi connectivity index (χ1n) is 7.40. The average molecular weight is 286 g/mol. The van der Waals surface area contributed by atoms with Gasteiger partial charge in [0.25, 0.3) is 5.91 Å². The van der Waals surface area contributed by atoms with Crippen molar-refractivity contribution < 1.29 is 9.53 Å². The van der Waals surface area contributed by atoms with Crippen LogP contribution >= 0.6 is 0 Å². The van der Waals surface area contributed by atoms with E-state index in [1.54, 1.807) is 0 Å². The summed E-state index contributed by atoms with van der Waals surface area (Å²) in [6.45, 7) is 3.73. The molecule has 0 saturated carbocycles. The van der Waals surface area contributed by atoms with Gasteiger partial charge in [-0.05, 0) is 43.9 Å². The molecule has 1 atom stereocenters. The van der Waals surface area contributed by atoms with Gasteiger partial charge in [-0.3, -0.25) is 4.79 Å². The number of nitrogens with two attached hydrogens (primary N) is 1.